The van der Waals surface area contributed by atoms with Gasteiger partial charge < -0.3 is 0 Å². The fourth-order valence-electron chi connectivity index (χ4n) is 1.21. The van der Waals surface area contributed by atoms with Crippen LogP contribution in [-0.4, -0.2) is 10.2 Å². The summed E-state index contributed by atoms with van der Waals surface area (Å²) in [5.74, 6) is 0. The summed E-state index contributed by atoms with van der Waals surface area (Å²) in [6, 6.07) is 7.90. The lowest BCUT2D eigenvalue weighted by atomic mass is 10.3. The van der Waals surface area contributed by atoms with Crippen LogP contribution in [0.3, 0.4) is 0 Å². The first kappa shape index (κ1) is 16.1. The largest absolute Gasteiger partial charge is 0.285 e. The molecule has 0 spiro atoms. The lowest BCUT2D eigenvalue weighted by molar-refractivity contribution is -0.909. The zero-order chi connectivity index (χ0) is 12.8. The number of nitrogens with zero attached hydrogens (tertiary/aromatic N) is 2. The molecule has 0 aromatic carbocycles. The van der Waals surface area contributed by atoms with Crippen molar-refractivity contribution in [3.8, 4) is 0 Å². The third kappa shape index (κ3) is 5.43. The lowest BCUT2D eigenvalue weighted by Crippen LogP contribution is -2.33. The Morgan fingerprint density at radius 3 is 1.94 bits per heavy atom. The summed E-state index contributed by atoms with van der Waals surface area (Å²) in [5.41, 5.74) is 4.20. The summed E-state index contributed by atoms with van der Waals surface area (Å²) in [6.45, 7) is 7.80. The van der Waals surface area contributed by atoms with Gasteiger partial charge in [0.2, 0.25) is 11.9 Å². The molecule has 3 heteroatoms. The van der Waals surface area contributed by atoms with Crippen LogP contribution in [0, 0.1) is 27.7 Å². The van der Waals surface area contributed by atoms with Gasteiger partial charge in [-0.1, -0.05) is 13.5 Å². The van der Waals surface area contributed by atoms with E-state index in [2.05, 4.69) is 11.1 Å². The molecule has 0 fully saturated rings. The van der Waals surface area contributed by atoms with E-state index in [1.165, 1.54) is 5.56 Å². The SMILES string of the molecule is C.Cc1ccc(C)[n+](O)c1.Cc1ccc(C)nc1. The maximum Gasteiger partial charge on any atom is 0.231 e. The fourth-order valence-corrected chi connectivity index (χ4v) is 1.21. The molecule has 2 rings (SSSR count). The van der Waals surface area contributed by atoms with Crippen molar-refractivity contribution in [1.29, 1.82) is 0 Å². The number of rotatable bonds is 0. The molecule has 2 aromatic rings. The Morgan fingerprint density at radius 1 is 0.944 bits per heavy atom. The molecule has 0 saturated carbocycles. The van der Waals surface area contributed by atoms with Crippen molar-refractivity contribution in [3.63, 3.8) is 0 Å². The monoisotopic (exact) mass is 247 g/mol. The highest BCUT2D eigenvalue weighted by molar-refractivity contribution is 5.10. The van der Waals surface area contributed by atoms with Crippen molar-refractivity contribution in [3.05, 3.63) is 59.2 Å². The highest BCUT2D eigenvalue weighted by Crippen LogP contribution is 1.94. The minimum absolute atomic E-state index is 0. The second-order valence-electron chi connectivity index (χ2n) is 4.17. The van der Waals surface area contributed by atoms with Crippen LogP contribution < -0.4 is 4.73 Å². The molecule has 0 aliphatic heterocycles. The van der Waals surface area contributed by atoms with E-state index in [9.17, 15) is 0 Å². The molecule has 1 N–H and O–H groups in total. The molecule has 0 aliphatic carbocycles. The van der Waals surface area contributed by atoms with E-state index in [1.807, 2.05) is 52.1 Å². The molecule has 0 amide bonds. The van der Waals surface area contributed by atoms with Crippen molar-refractivity contribution in [2.75, 3.05) is 0 Å². The lowest BCUT2D eigenvalue weighted by Gasteiger charge is -1.89. The van der Waals surface area contributed by atoms with Gasteiger partial charge in [0.1, 0.15) is 0 Å². The Kier molecular flexibility index (Phi) is 6.65. The van der Waals surface area contributed by atoms with Crippen molar-refractivity contribution in [1.82, 2.24) is 4.98 Å². The molecule has 18 heavy (non-hydrogen) atoms. The van der Waals surface area contributed by atoms with E-state index < -0.39 is 0 Å². The van der Waals surface area contributed by atoms with Crippen molar-refractivity contribution in [2.45, 2.75) is 35.1 Å². The van der Waals surface area contributed by atoms with Gasteiger partial charge >= 0.3 is 0 Å². The van der Waals surface area contributed by atoms with E-state index in [4.69, 9.17) is 5.21 Å². The molecule has 0 atom stereocenters. The van der Waals surface area contributed by atoms with Crippen LogP contribution in [-0.2, 0) is 0 Å². The van der Waals surface area contributed by atoms with Gasteiger partial charge in [-0.2, -0.15) is 0 Å². The molecule has 0 unspecified atom stereocenters. The maximum absolute atomic E-state index is 9.02. The smallest absolute Gasteiger partial charge is 0.231 e. The van der Waals surface area contributed by atoms with Gasteiger partial charge in [0.15, 0.2) is 0 Å². The van der Waals surface area contributed by atoms with Crippen molar-refractivity contribution >= 4 is 0 Å². The predicted molar refractivity (Wildman–Crippen MR) is 73.7 cm³/mol. The molecule has 0 radical (unpaired) electrons. The van der Waals surface area contributed by atoms with Gasteiger partial charge in [0.25, 0.3) is 0 Å². The normalized spacial score (nSPS) is 8.89. The highest BCUT2D eigenvalue weighted by atomic mass is 16.5. The van der Waals surface area contributed by atoms with Crippen LogP contribution in [0.1, 0.15) is 29.9 Å². The number of hydrogen-bond donors (Lipinski definition) is 1. The molecule has 3 nitrogen and oxygen atoms in total. The number of aromatic nitrogens is 2. The minimum atomic E-state index is 0. The summed E-state index contributed by atoms with van der Waals surface area (Å²) in [5, 5.41) is 9.02. The first-order valence-electron chi connectivity index (χ1n) is 5.56. The van der Waals surface area contributed by atoms with E-state index >= 15 is 0 Å². The molecule has 2 heterocycles. The number of hydrogen-bond acceptors (Lipinski definition) is 2. The van der Waals surface area contributed by atoms with Crippen LogP contribution in [0.4, 0.5) is 0 Å². The Labute approximate surface area is 110 Å². The van der Waals surface area contributed by atoms with E-state index in [0.717, 1.165) is 21.7 Å². The minimum Gasteiger partial charge on any atom is -0.285 e. The molecular weight excluding hydrogens is 224 g/mol. The van der Waals surface area contributed by atoms with Crippen LogP contribution in [0.2, 0.25) is 0 Å². The molecule has 0 aliphatic rings. The first-order chi connectivity index (χ1) is 7.99. The summed E-state index contributed by atoms with van der Waals surface area (Å²) in [7, 11) is 0. The van der Waals surface area contributed by atoms with Crippen molar-refractivity contribution in [2.24, 2.45) is 0 Å². The Bertz CT molecular complexity index is 457. The first-order valence-corrected chi connectivity index (χ1v) is 5.56. The van der Waals surface area contributed by atoms with E-state index in [-0.39, 0.29) is 7.43 Å². The van der Waals surface area contributed by atoms with Crippen LogP contribution >= 0.6 is 0 Å². The highest BCUT2D eigenvalue weighted by Gasteiger charge is 2.00. The van der Waals surface area contributed by atoms with Crippen LogP contribution in [0.5, 0.6) is 0 Å². The van der Waals surface area contributed by atoms with Gasteiger partial charge in [0.05, 0.1) is 0 Å². The van der Waals surface area contributed by atoms with Gasteiger partial charge in [-0.05, 0) is 38.5 Å². The van der Waals surface area contributed by atoms with E-state index in [0.29, 0.717) is 0 Å². The third-order valence-electron chi connectivity index (χ3n) is 2.33. The van der Waals surface area contributed by atoms with Gasteiger partial charge in [-0.3, -0.25) is 10.2 Å². The molecule has 98 valence electrons. The maximum atomic E-state index is 9.02. The Balaban J connectivity index is 0.000000306. The van der Waals surface area contributed by atoms with E-state index in [1.54, 1.807) is 6.20 Å². The zero-order valence-corrected chi connectivity index (χ0v) is 10.8. The molecular formula is C15H23N2O+. The third-order valence-corrected chi connectivity index (χ3v) is 2.33. The Hall–Kier alpha value is -1.90. The van der Waals surface area contributed by atoms with Crippen LogP contribution in [0.25, 0.3) is 0 Å². The summed E-state index contributed by atoms with van der Waals surface area (Å²) in [6.07, 6.45) is 3.55. The average molecular weight is 247 g/mol. The molecule has 0 saturated heterocycles. The summed E-state index contributed by atoms with van der Waals surface area (Å²) in [4.78, 5) is 4.08. The molecule has 2 aromatic heterocycles. The standard InChI is InChI=1S/C7H10NO.C7H9N.CH4/c1-6-3-4-7(2)8(9)5-6;1-6-3-4-7(2)8-5-6;/h3-5,9H,1-2H3;3-5H,1-2H3;1H4/q+1;;. The quantitative estimate of drug-likeness (QED) is 0.573. The Morgan fingerprint density at radius 2 is 1.56 bits per heavy atom. The fraction of sp³-hybridized carbons (Fsp3) is 0.333. The molecule has 0 bridgehead atoms. The summed E-state index contributed by atoms with van der Waals surface area (Å²) < 4.78 is 1.12. The average Bonchev–Trinajstić information content (AvgIpc) is 2.29. The predicted octanol–water partition coefficient (Wildman–Crippen LogP) is 3.16. The van der Waals surface area contributed by atoms with Crippen molar-refractivity contribution < 1.29 is 9.94 Å². The van der Waals surface area contributed by atoms with Gasteiger partial charge in [-0.15, -0.1) is 0 Å². The van der Waals surface area contributed by atoms with Gasteiger partial charge in [0, 0.05) is 35.2 Å². The van der Waals surface area contributed by atoms with Gasteiger partial charge in [-0.25, -0.2) is 0 Å². The topological polar surface area (TPSA) is 37.0 Å². The number of aryl methyl sites for hydroxylation is 4. The second kappa shape index (κ2) is 7.43. The number of pyridine rings is 2. The summed E-state index contributed by atoms with van der Waals surface area (Å²) >= 11 is 0. The zero-order valence-electron chi connectivity index (χ0n) is 10.8. The second-order valence-corrected chi connectivity index (χ2v) is 4.17. The van der Waals surface area contributed by atoms with Crippen LogP contribution in [0.15, 0.2) is 36.7 Å².